The first-order valence-electron chi connectivity index (χ1n) is 35.4. The standard InChI is InChI=1S/C26H28F2N8O2.C25H26F2N8O2.C24H24F2N8O2/c1-4-35-7-9-36(10-8-35)16-5-6-20(30-13-16)34-24-21(25(37)29-3)26(32-14-31-24)38-19-12-18(27)23-17(22(19)28)11-15(2)33-23;1-14-10-16-21(27)18(11-17(26)22(16)32-14)37-25-20(24(36)28-2)23(30-13-31-25)33-19-5-4-15(12-29-19)35-8-6-34(3)7-9-35;1-13-9-15-20(26)17(10-16(25)21(15)32-13)36-24-19(23(35)27-2)22(30-12-31-24)33-18-4-3-14(11-29-18)34-7-5-28-6-8-34/h5-6,11-14,33H,4,7-10H2,1-3H3,(H,29,37)(H,30,31,32,34);4-5,10-13,32H,6-9H2,1-3H3,(H,28,36)(H,29,30,31,33);3-4,9-12,28,32H,5-8H2,1-2H3,(H,27,35)(H,29,30,31,33). The van der Waals surface area contributed by atoms with Crippen molar-refractivity contribution in [2.45, 2.75) is 27.7 Å². The first-order valence-corrected chi connectivity index (χ1v) is 35.4. The van der Waals surface area contributed by atoms with Gasteiger partial charge in [0.05, 0.1) is 52.2 Å². The predicted octanol–water partition coefficient (Wildman–Crippen LogP) is 10.8. The molecule has 12 aromatic rings. The number of pyridine rings is 3. The number of H-pyrrole nitrogens is 3. The van der Waals surface area contributed by atoms with E-state index >= 15 is 13.2 Å². The zero-order chi connectivity index (χ0) is 78.1. The van der Waals surface area contributed by atoms with Gasteiger partial charge in [-0.25, -0.2) is 71.2 Å². The lowest BCUT2D eigenvalue weighted by Gasteiger charge is -2.35. The van der Waals surface area contributed by atoms with Crippen molar-refractivity contribution in [3.63, 3.8) is 0 Å². The molecule has 3 fully saturated rings. The van der Waals surface area contributed by atoms with E-state index in [1.54, 1.807) is 57.6 Å². The lowest BCUT2D eigenvalue weighted by Crippen LogP contribution is -2.46. The fourth-order valence-corrected chi connectivity index (χ4v) is 12.8. The van der Waals surface area contributed by atoms with Gasteiger partial charge in [-0.2, -0.15) is 0 Å². The maximum Gasteiger partial charge on any atom is 0.260 e. The summed E-state index contributed by atoms with van der Waals surface area (Å²) >= 11 is 0. The fourth-order valence-electron chi connectivity index (χ4n) is 12.8. The van der Waals surface area contributed by atoms with Gasteiger partial charge < -0.3 is 90.9 Å². The van der Waals surface area contributed by atoms with Gasteiger partial charge in [0.15, 0.2) is 69.6 Å². The van der Waals surface area contributed by atoms with Crippen LogP contribution in [0.1, 0.15) is 55.1 Å². The summed E-state index contributed by atoms with van der Waals surface area (Å²) in [6, 6.07) is 18.3. The van der Waals surface area contributed by atoms with E-state index in [-0.39, 0.29) is 84.5 Å². The second-order valence-electron chi connectivity index (χ2n) is 26.0. The molecule has 12 heterocycles. The Morgan fingerprint density at radius 1 is 0.423 bits per heavy atom. The first-order chi connectivity index (χ1) is 53.6. The molecule has 0 spiro atoms. The van der Waals surface area contributed by atoms with Crippen LogP contribution >= 0.6 is 0 Å². The lowest BCUT2D eigenvalue weighted by atomic mass is 10.2. The zero-order valence-corrected chi connectivity index (χ0v) is 61.6. The molecule has 10 N–H and O–H groups in total. The minimum atomic E-state index is -0.781. The number of amides is 3. The van der Waals surface area contributed by atoms with Crippen LogP contribution in [0.3, 0.4) is 0 Å². The number of benzene rings is 3. The van der Waals surface area contributed by atoms with Gasteiger partial charge >= 0.3 is 0 Å². The number of hydrogen-bond acceptors (Lipinski definition) is 24. The molecule has 30 nitrogen and oxygen atoms in total. The van der Waals surface area contributed by atoms with Gasteiger partial charge in [0, 0.05) is 151 Å². The number of hydrogen-bond donors (Lipinski definition) is 10. The van der Waals surface area contributed by atoms with Crippen molar-refractivity contribution >= 4 is 102 Å². The minimum absolute atomic E-state index is 0.0317. The Morgan fingerprint density at radius 2 is 0.739 bits per heavy atom. The van der Waals surface area contributed by atoms with Crippen molar-refractivity contribution in [2.24, 2.45) is 0 Å². The Kier molecular flexibility index (Phi) is 23.1. The number of aromatic amines is 3. The van der Waals surface area contributed by atoms with Gasteiger partial charge in [0.1, 0.15) is 53.1 Å². The number of aryl methyl sites for hydroxylation is 3. The number of likely N-dealkylation sites (N-methyl/N-ethyl adjacent to an activating group) is 2. The highest BCUT2D eigenvalue weighted by molar-refractivity contribution is 6.03. The van der Waals surface area contributed by atoms with E-state index < -0.39 is 69.9 Å². The summed E-state index contributed by atoms with van der Waals surface area (Å²) in [6.45, 7) is 19.4. The van der Waals surface area contributed by atoms with E-state index in [0.29, 0.717) is 34.5 Å². The molecule has 3 amide bonds. The second kappa shape index (κ2) is 33.7. The van der Waals surface area contributed by atoms with E-state index in [1.807, 2.05) is 18.2 Å². The lowest BCUT2D eigenvalue weighted by molar-refractivity contribution is 0.0952. The average molecular weight is 1530 g/mol. The molecular formula is C75H78F6N24O6. The Hall–Kier alpha value is -13.0. The quantitative estimate of drug-likeness (QED) is 0.0336. The van der Waals surface area contributed by atoms with Crippen molar-refractivity contribution in [1.29, 1.82) is 0 Å². The molecule has 3 aliphatic heterocycles. The SMILES string of the molecule is CCN1CCN(c2ccc(Nc3ncnc(Oc4cc(F)c5[nH]c(C)cc5c4F)c3C(=O)NC)nc2)CC1.CNC(=O)c1c(Nc2ccc(N3CCN(C)CC3)cn2)ncnc1Oc1cc(F)c2[nH]c(C)cc2c1F.CNC(=O)c1c(Nc2ccc(N3CCNCC3)cn2)ncnc1Oc1cc(F)c2[nH]c(C)cc2c1F. The van der Waals surface area contributed by atoms with Crippen LogP contribution in [0.5, 0.6) is 34.9 Å². The summed E-state index contributed by atoms with van der Waals surface area (Å²) in [7, 11) is 6.39. The van der Waals surface area contributed by atoms with Crippen LogP contribution in [-0.2, 0) is 0 Å². The normalized spacial score (nSPS) is 13.9. The molecule has 0 unspecified atom stereocenters. The number of rotatable bonds is 19. The highest BCUT2D eigenvalue weighted by Gasteiger charge is 2.29. The summed E-state index contributed by atoms with van der Waals surface area (Å²) in [4.78, 5) is 96.0. The van der Waals surface area contributed by atoms with Gasteiger partial charge in [0.25, 0.3) is 17.7 Å². The maximum absolute atomic E-state index is 15.2. The first kappa shape index (κ1) is 76.2. The molecule has 0 atom stereocenters. The zero-order valence-electron chi connectivity index (χ0n) is 61.6. The van der Waals surface area contributed by atoms with Crippen LogP contribution in [-0.4, -0.2) is 201 Å². The third-order valence-corrected chi connectivity index (χ3v) is 18.6. The van der Waals surface area contributed by atoms with E-state index in [2.05, 4.69) is 135 Å². The Balaban J connectivity index is 0.000000146. The summed E-state index contributed by atoms with van der Waals surface area (Å²) in [6.07, 6.45) is 8.73. The number of ether oxygens (including phenoxy) is 3. The van der Waals surface area contributed by atoms with Crippen LogP contribution in [0.4, 0.5) is 78.3 Å². The van der Waals surface area contributed by atoms with Gasteiger partial charge in [-0.15, -0.1) is 0 Å². The van der Waals surface area contributed by atoms with Gasteiger partial charge in [-0.05, 0) is 89.0 Å². The van der Waals surface area contributed by atoms with Crippen molar-refractivity contribution in [2.75, 3.05) is 144 Å². The molecule has 9 aromatic heterocycles. The van der Waals surface area contributed by atoms with Gasteiger partial charge in [0.2, 0.25) is 17.6 Å². The predicted molar refractivity (Wildman–Crippen MR) is 407 cm³/mol. The van der Waals surface area contributed by atoms with Crippen LogP contribution in [0.15, 0.2) is 110 Å². The Morgan fingerprint density at radius 3 is 1.04 bits per heavy atom. The molecule has 3 saturated heterocycles. The highest BCUT2D eigenvalue weighted by atomic mass is 19.1. The molecule has 3 aromatic carbocycles. The summed E-state index contributed by atoms with van der Waals surface area (Å²) in [5, 5.41) is 19.9. The smallest absolute Gasteiger partial charge is 0.260 e. The largest absolute Gasteiger partial charge is 0.435 e. The Labute approximate surface area is 631 Å². The summed E-state index contributed by atoms with van der Waals surface area (Å²) in [5.41, 5.74) is 4.59. The van der Waals surface area contributed by atoms with Crippen LogP contribution in [0, 0.1) is 55.7 Å². The van der Waals surface area contributed by atoms with Crippen LogP contribution < -0.4 is 66.1 Å². The topological polar surface area (TPSA) is 343 Å². The van der Waals surface area contributed by atoms with Crippen molar-refractivity contribution < 1.29 is 54.9 Å². The number of piperazine rings is 3. The van der Waals surface area contributed by atoms with Gasteiger partial charge in [-0.3, -0.25) is 14.4 Å². The third-order valence-electron chi connectivity index (χ3n) is 18.6. The average Bonchev–Trinajstić information content (AvgIpc) is 1.63. The number of aromatic nitrogens is 12. The van der Waals surface area contributed by atoms with Crippen LogP contribution in [0.25, 0.3) is 32.7 Å². The Bertz CT molecular complexity index is 5380. The molecule has 576 valence electrons. The minimum Gasteiger partial charge on any atom is -0.435 e. The van der Waals surface area contributed by atoms with E-state index in [4.69, 9.17) is 14.2 Å². The second-order valence-corrected chi connectivity index (χ2v) is 26.0. The molecule has 15 rings (SSSR count). The summed E-state index contributed by atoms with van der Waals surface area (Å²) < 4.78 is 106. The molecule has 111 heavy (non-hydrogen) atoms. The number of halogens is 6. The molecule has 0 bridgehead atoms. The van der Waals surface area contributed by atoms with E-state index in [1.165, 1.54) is 45.7 Å². The molecule has 0 saturated carbocycles. The molecule has 3 aliphatic rings. The molecule has 36 heteroatoms. The van der Waals surface area contributed by atoms with E-state index in [0.717, 1.165) is 133 Å². The monoisotopic (exact) mass is 1520 g/mol. The number of nitrogens with zero attached hydrogens (tertiary/aromatic N) is 14. The molecule has 0 aliphatic carbocycles. The maximum atomic E-state index is 15.2. The number of fused-ring (bicyclic) bond motifs is 3. The van der Waals surface area contributed by atoms with Crippen molar-refractivity contribution in [3.8, 4) is 34.9 Å². The number of anilines is 9. The summed E-state index contributed by atoms with van der Waals surface area (Å²) in [5.74, 6) is -6.49. The van der Waals surface area contributed by atoms with E-state index in [9.17, 15) is 27.6 Å². The van der Waals surface area contributed by atoms with Crippen molar-refractivity contribution in [1.82, 2.24) is 90.9 Å². The fraction of sp³-hybridized carbons (Fsp3) is 0.280. The molecular weight excluding hydrogens is 1450 g/mol. The molecule has 0 radical (unpaired) electrons. The van der Waals surface area contributed by atoms with Crippen molar-refractivity contribution in [3.05, 3.63) is 179 Å². The third kappa shape index (κ3) is 17.0. The number of carbonyl (C=O) groups is 3. The number of nitrogens with one attached hydrogen (secondary N) is 10. The number of carbonyl (C=O) groups excluding carboxylic acids is 3. The van der Waals surface area contributed by atoms with Crippen LogP contribution in [0.2, 0.25) is 0 Å². The highest BCUT2D eigenvalue weighted by Crippen LogP contribution is 2.39. The van der Waals surface area contributed by atoms with Gasteiger partial charge in [-0.1, -0.05) is 6.92 Å².